The molecule has 1 N–H and O–H groups in total. The van der Waals surface area contributed by atoms with E-state index in [1.54, 1.807) is 12.1 Å². The lowest BCUT2D eigenvalue weighted by Crippen LogP contribution is -1.81. The summed E-state index contributed by atoms with van der Waals surface area (Å²) in [6, 6.07) is 17.0. The molecule has 0 spiro atoms. The lowest BCUT2D eigenvalue weighted by atomic mass is 10.1. The van der Waals surface area contributed by atoms with Crippen LogP contribution in [0.1, 0.15) is 0 Å². The van der Waals surface area contributed by atoms with Crippen LogP contribution in [-0.4, -0.2) is 4.89 Å². The Hall–Kier alpha value is -1.57. The molecule has 0 aliphatic rings. The van der Waals surface area contributed by atoms with Crippen LogP contribution in [-0.2, 0) is 4.57 Å². The van der Waals surface area contributed by atoms with Crippen LogP contribution in [0.4, 0.5) is 0 Å². The molecule has 0 saturated carbocycles. The first-order chi connectivity index (χ1) is 7.75. The highest BCUT2D eigenvalue weighted by Gasteiger charge is 1.99. The lowest BCUT2D eigenvalue weighted by molar-refractivity contribution is 0.410. The Morgan fingerprint density at radius 2 is 1.44 bits per heavy atom. The predicted molar refractivity (Wildman–Crippen MR) is 63.7 cm³/mol. The van der Waals surface area contributed by atoms with Crippen molar-refractivity contribution < 1.29 is 14.0 Å². The topological polar surface area (TPSA) is 46.5 Å². The van der Waals surface area contributed by atoms with Gasteiger partial charge in [0.15, 0.2) is 0 Å². The van der Waals surface area contributed by atoms with Crippen molar-refractivity contribution in [2.24, 2.45) is 0 Å². The monoisotopic (exact) mass is 234 g/mol. The highest BCUT2D eigenvalue weighted by atomic mass is 31.1. The van der Waals surface area contributed by atoms with Crippen molar-refractivity contribution >= 4 is 8.25 Å². The van der Waals surface area contributed by atoms with Gasteiger partial charge in [0, 0.05) is 0 Å². The average molecular weight is 234 g/mol. The maximum Gasteiger partial charge on any atom is 0.365 e. The standard InChI is InChI=1S/C12H11O3P/c13-16(14)15-12-8-6-11(7-9-12)10-4-2-1-3-5-10/h1-9,16H,(H,13,14). The van der Waals surface area contributed by atoms with Gasteiger partial charge in [-0.3, -0.25) is 0 Å². The maximum atomic E-state index is 10.5. The Morgan fingerprint density at radius 3 is 2.00 bits per heavy atom. The highest BCUT2D eigenvalue weighted by Crippen LogP contribution is 2.26. The number of hydrogen-bond donors (Lipinski definition) is 1. The molecular formula is C12H11O3P. The molecule has 1 atom stereocenters. The summed E-state index contributed by atoms with van der Waals surface area (Å²) in [5.74, 6) is 0.408. The molecule has 4 heteroatoms. The smallest absolute Gasteiger partial charge is 0.365 e. The molecule has 1 unspecified atom stereocenters. The summed E-state index contributed by atoms with van der Waals surface area (Å²) < 4.78 is 15.2. The van der Waals surface area contributed by atoms with E-state index < -0.39 is 8.25 Å². The van der Waals surface area contributed by atoms with Gasteiger partial charge in [-0.25, -0.2) is 4.57 Å². The minimum absolute atomic E-state index is 0.408. The lowest BCUT2D eigenvalue weighted by Gasteiger charge is -2.04. The fraction of sp³-hybridized carbons (Fsp3) is 0. The summed E-state index contributed by atoms with van der Waals surface area (Å²) in [7, 11) is -2.91. The molecule has 0 aliphatic heterocycles. The van der Waals surface area contributed by atoms with E-state index in [1.165, 1.54) is 0 Å². The van der Waals surface area contributed by atoms with Crippen LogP contribution in [0.25, 0.3) is 11.1 Å². The number of hydrogen-bond acceptors (Lipinski definition) is 2. The van der Waals surface area contributed by atoms with Crippen LogP contribution in [0, 0.1) is 0 Å². The molecule has 0 bridgehead atoms. The molecular weight excluding hydrogens is 223 g/mol. The first kappa shape index (κ1) is 10.9. The van der Waals surface area contributed by atoms with Crippen LogP contribution in [0.2, 0.25) is 0 Å². The summed E-state index contributed by atoms with van der Waals surface area (Å²) in [6.07, 6.45) is 0. The zero-order chi connectivity index (χ0) is 11.4. The van der Waals surface area contributed by atoms with E-state index in [4.69, 9.17) is 9.42 Å². The van der Waals surface area contributed by atoms with E-state index in [9.17, 15) is 4.57 Å². The van der Waals surface area contributed by atoms with Gasteiger partial charge in [0.2, 0.25) is 0 Å². The van der Waals surface area contributed by atoms with Crippen molar-refractivity contribution in [1.82, 2.24) is 0 Å². The molecule has 0 aliphatic carbocycles. The van der Waals surface area contributed by atoms with Gasteiger partial charge in [-0.2, -0.15) is 0 Å². The summed E-state index contributed by atoms with van der Waals surface area (Å²) in [5, 5.41) is 0. The van der Waals surface area contributed by atoms with Crippen LogP contribution in [0.15, 0.2) is 54.6 Å². The Morgan fingerprint density at radius 1 is 0.875 bits per heavy atom. The first-order valence-corrected chi connectivity index (χ1v) is 6.08. The fourth-order valence-corrected chi connectivity index (χ4v) is 1.78. The molecule has 0 amide bonds. The highest BCUT2D eigenvalue weighted by molar-refractivity contribution is 7.32. The first-order valence-electron chi connectivity index (χ1n) is 4.82. The molecule has 0 radical (unpaired) electrons. The molecule has 3 nitrogen and oxygen atoms in total. The van der Waals surface area contributed by atoms with Crippen molar-refractivity contribution in [3.8, 4) is 16.9 Å². The second-order valence-corrected chi connectivity index (χ2v) is 3.99. The summed E-state index contributed by atoms with van der Waals surface area (Å²) in [5.41, 5.74) is 2.15. The van der Waals surface area contributed by atoms with Crippen molar-refractivity contribution in [3.05, 3.63) is 54.6 Å². The van der Waals surface area contributed by atoms with E-state index in [2.05, 4.69) is 0 Å². The van der Waals surface area contributed by atoms with Crippen LogP contribution >= 0.6 is 8.25 Å². The molecule has 82 valence electrons. The summed E-state index contributed by atoms with van der Waals surface area (Å²) in [4.78, 5) is 8.62. The number of rotatable bonds is 3. The molecule has 16 heavy (non-hydrogen) atoms. The Labute approximate surface area is 94.3 Å². The third-order valence-corrected chi connectivity index (χ3v) is 2.58. The normalized spacial score (nSPS) is 12.1. The van der Waals surface area contributed by atoms with Crippen molar-refractivity contribution in [1.29, 1.82) is 0 Å². The maximum absolute atomic E-state index is 10.5. The fourth-order valence-electron chi connectivity index (χ4n) is 1.45. The second-order valence-electron chi connectivity index (χ2n) is 3.26. The van der Waals surface area contributed by atoms with E-state index in [0.29, 0.717) is 5.75 Å². The van der Waals surface area contributed by atoms with E-state index in [1.807, 2.05) is 42.5 Å². The average Bonchev–Trinajstić information content (AvgIpc) is 2.30. The van der Waals surface area contributed by atoms with Crippen molar-refractivity contribution in [2.45, 2.75) is 0 Å². The van der Waals surface area contributed by atoms with Gasteiger partial charge < -0.3 is 9.42 Å². The third-order valence-electron chi connectivity index (χ3n) is 2.17. The van der Waals surface area contributed by atoms with Crippen LogP contribution < -0.4 is 4.52 Å². The quantitative estimate of drug-likeness (QED) is 0.830. The van der Waals surface area contributed by atoms with E-state index >= 15 is 0 Å². The van der Waals surface area contributed by atoms with Gasteiger partial charge in [0.1, 0.15) is 5.75 Å². The Bertz CT molecular complexity index is 479. The minimum Gasteiger partial charge on any atom is -0.426 e. The van der Waals surface area contributed by atoms with Gasteiger partial charge in [0.05, 0.1) is 0 Å². The van der Waals surface area contributed by atoms with Gasteiger partial charge in [-0.05, 0) is 23.3 Å². The van der Waals surface area contributed by atoms with Crippen molar-refractivity contribution in [3.63, 3.8) is 0 Å². The molecule has 0 fully saturated rings. The molecule has 0 saturated heterocycles. The summed E-state index contributed by atoms with van der Waals surface area (Å²) >= 11 is 0. The SMILES string of the molecule is O=[PH](O)Oc1ccc(-c2ccccc2)cc1. The summed E-state index contributed by atoms with van der Waals surface area (Å²) in [6.45, 7) is 0. The largest absolute Gasteiger partial charge is 0.426 e. The van der Waals surface area contributed by atoms with E-state index in [-0.39, 0.29) is 0 Å². The van der Waals surface area contributed by atoms with Gasteiger partial charge >= 0.3 is 8.25 Å². The van der Waals surface area contributed by atoms with Crippen LogP contribution in [0.5, 0.6) is 5.75 Å². The van der Waals surface area contributed by atoms with Crippen molar-refractivity contribution in [2.75, 3.05) is 0 Å². The van der Waals surface area contributed by atoms with Gasteiger partial charge in [-0.1, -0.05) is 42.5 Å². The zero-order valence-corrected chi connectivity index (χ0v) is 9.46. The van der Waals surface area contributed by atoms with E-state index in [0.717, 1.165) is 11.1 Å². The molecule has 0 heterocycles. The number of benzene rings is 2. The van der Waals surface area contributed by atoms with Crippen LogP contribution in [0.3, 0.4) is 0 Å². The second kappa shape index (κ2) is 4.97. The van der Waals surface area contributed by atoms with Gasteiger partial charge in [0.25, 0.3) is 0 Å². The third kappa shape index (κ3) is 2.72. The molecule has 2 aromatic rings. The molecule has 0 aromatic heterocycles. The minimum atomic E-state index is -2.91. The Balaban J connectivity index is 2.23. The molecule has 2 rings (SSSR count). The Kier molecular flexibility index (Phi) is 3.40. The predicted octanol–water partition coefficient (Wildman–Crippen LogP) is 3.11. The molecule has 2 aromatic carbocycles. The van der Waals surface area contributed by atoms with Gasteiger partial charge in [-0.15, -0.1) is 0 Å². The zero-order valence-electron chi connectivity index (χ0n) is 8.46.